The number of hydrogen-bond donors (Lipinski definition) is 1. The summed E-state index contributed by atoms with van der Waals surface area (Å²) in [6, 6.07) is 17.6. The van der Waals surface area contributed by atoms with E-state index in [0.29, 0.717) is 6.42 Å². The second kappa shape index (κ2) is 6.43. The van der Waals surface area contributed by atoms with Crippen molar-refractivity contribution in [3.63, 3.8) is 0 Å². The highest BCUT2D eigenvalue weighted by Crippen LogP contribution is 2.50. The van der Waals surface area contributed by atoms with E-state index in [1.807, 2.05) is 36.4 Å². The van der Waals surface area contributed by atoms with Gasteiger partial charge < -0.3 is 10.1 Å². The fourth-order valence-electron chi connectivity index (χ4n) is 3.67. The van der Waals surface area contributed by atoms with Crippen LogP contribution in [0.25, 0.3) is 0 Å². The normalized spacial score (nSPS) is 27.9. The maximum atomic E-state index is 14.4. The van der Waals surface area contributed by atoms with Gasteiger partial charge in [0.2, 0.25) is 5.91 Å². The summed E-state index contributed by atoms with van der Waals surface area (Å²) in [5.41, 5.74) is -0.365. The van der Waals surface area contributed by atoms with Gasteiger partial charge in [0.25, 0.3) is 0 Å². The molecule has 1 aliphatic carbocycles. The second-order valence-corrected chi connectivity index (χ2v) is 7.09. The molecule has 0 aromatic heterocycles. The van der Waals surface area contributed by atoms with Crippen LogP contribution in [0.3, 0.4) is 0 Å². The Balaban J connectivity index is 1.48. The van der Waals surface area contributed by atoms with E-state index in [-0.39, 0.29) is 35.4 Å². The van der Waals surface area contributed by atoms with E-state index < -0.39 is 18.1 Å². The third-order valence-electron chi connectivity index (χ3n) is 5.42. The first-order valence-corrected chi connectivity index (χ1v) is 8.82. The summed E-state index contributed by atoms with van der Waals surface area (Å²) in [6.45, 7) is -1.03. The molecule has 2 aliphatic rings. The molecule has 1 saturated heterocycles. The molecule has 0 bridgehead atoms. The number of nitrogens with zero attached hydrogens (tertiary/aromatic N) is 1. The second-order valence-electron chi connectivity index (χ2n) is 7.09. The maximum Gasteiger partial charge on any atom is 0.305 e. The van der Waals surface area contributed by atoms with Gasteiger partial charge in [-0.25, -0.2) is 8.78 Å². The van der Waals surface area contributed by atoms with Crippen LogP contribution in [0.2, 0.25) is 0 Å². The average molecular weight is 368 g/mol. The molecular formula is C21H18F2N2O2. The van der Waals surface area contributed by atoms with E-state index in [0.717, 1.165) is 5.56 Å². The fraction of sp³-hybridized carbons (Fsp3) is 0.333. The molecule has 1 amide bonds. The van der Waals surface area contributed by atoms with Crippen molar-refractivity contribution in [1.82, 2.24) is 5.32 Å². The molecule has 2 aromatic carbocycles. The highest BCUT2D eigenvalue weighted by atomic mass is 19.3. The number of carbonyl (C=O) groups is 1. The topological polar surface area (TPSA) is 62.1 Å². The highest BCUT2D eigenvalue weighted by molar-refractivity contribution is 5.83. The third-order valence-corrected chi connectivity index (χ3v) is 5.42. The Labute approximate surface area is 155 Å². The van der Waals surface area contributed by atoms with Crippen molar-refractivity contribution in [2.45, 2.75) is 23.9 Å². The fourth-order valence-corrected chi connectivity index (χ4v) is 3.67. The van der Waals surface area contributed by atoms with Gasteiger partial charge in [0.05, 0.1) is 18.2 Å². The summed E-state index contributed by atoms with van der Waals surface area (Å²) in [4.78, 5) is 12.5. The molecule has 4 rings (SSSR count). The lowest BCUT2D eigenvalue weighted by molar-refractivity contribution is -0.334. The molecule has 0 spiro atoms. The van der Waals surface area contributed by atoms with E-state index in [2.05, 4.69) is 5.32 Å². The van der Waals surface area contributed by atoms with E-state index >= 15 is 0 Å². The maximum absolute atomic E-state index is 14.4. The summed E-state index contributed by atoms with van der Waals surface area (Å²) in [5.74, 6) is -3.43. The van der Waals surface area contributed by atoms with Crippen molar-refractivity contribution in [1.29, 1.82) is 5.26 Å². The molecule has 1 aliphatic heterocycles. The number of alkyl halides is 2. The molecule has 1 heterocycles. The Morgan fingerprint density at radius 2 is 2.00 bits per heavy atom. The van der Waals surface area contributed by atoms with Gasteiger partial charge >= 0.3 is 5.92 Å². The smallest absolute Gasteiger partial charge is 0.305 e. The molecular weight excluding hydrogens is 350 g/mol. The van der Waals surface area contributed by atoms with Gasteiger partial charge in [0.1, 0.15) is 6.61 Å². The molecule has 138 valence electrons. The van der Waals surface area contributed by atoms with E-state index in [1.165, 1.54) is 12.1 Å². The van der Waals surface area contributed by atoms with Crippen LogP contribution >= 0.6 is 0 Å². The van der Waals surface area contributed by atoms with Gasteiger partial charge in [0, 0.05) is 5.92 Å². The highest BCUT2D eigenvalue weighted by Gasteiger charge is 2.65. The number of carbonyl (C=O) groups excluding carboxylic acids is 1. The third kappa shape index (κ3) is 2.98. The van der Waals surface area contributed by atoms with Gasteiger partial charge in [-0.15, -0.1) is 0 Å². The van der Waals surface area contributed by atoms with Gasteiger partial charge in [0.15, 0.2) is 5.60 Å². The summed E-state index contributed by atoms with van der Waals surface area (Å²) in [5, 5.41) is 11.7. The van der Waals surface area contributed by atoms with Crippen molar-refractivity contribution in [3.8, 4) is 6.07 Å². The molecule has 0 radical (unpaired) electrons. The molecule has 4 nitrogen and oxygen atoms in total. The zero-order valence-electron chi connectivity index (χ0n) is 14.5. The minimum atomic E-state index is -3.11. The van der Waals surface area contributed by atoms with E-state index in [4.69, 9.17) is 10.00 Å². The quantitative estimate of drug-likeness (QED) is 0.881. The molecule has 1 saturated carbocycles. The van der Waals surface area contributed by atoms with E-state index in [1.54, 1.807) is 12.1 Å². The van der Waals surface area contributed by atoms with Crippen LogP contribution in [0.1, 0.15) is 29.0 Å². The first kappa shape index (κ1) is 17.6. The lowest BCUT2D eigenvalue weighted by atomic mass is 9.82. The number of rotatable bonds is 5. The van der Waals surface area contributed by atoms with Crippen LogP contribution in [0.4, 0.5) is 8.78 Å². The van der Waals surface area contributed by atoms with Gasteiger partial charge in [-0.05, 0) is 35.6 Å². The molecule has 27 heavy (non-hydrogen) atoms. The first-order valence-electron chi connectivity index (χ1n) is 8.82. The molecule has 2 fully saturated rings. The summed E-state index contributed by atoms with van der Waals surface area (Å²) in [7, 11) is 0. The van der Waals surface area contributed by atoms with Crippen LogP contribution in [0, 0.1) is 17.2 Å². The average Bonchev–Trinajstić information content (AvgIpc) is 3.49. The minimum absolute atomic E-state index is 0.131. The zero-order chi connectivity index (χ0) is 19.1. The van der Waals surface area contributed by atoms with Gasteiger partial charge in [-0.1, -0.05) is 42.5 Å². The summed E-state index contributed by atoms with van der Waals surface area (Å²) >= 11 is 0. The molecule has 2 aromatic rings. The minimum Gasteiger partial charge on any atom is -0.356 e. The summed E-state index contributed by atoms with van der Waals surface area (Å²) < 4.78 is 34.2. The predicted molar refractivity (Wildman–Crippen MR) is 94.0 cm³/mol. The number of halogens is 2. The number of amides is 1. The SMILES string of the molecule is N#Cc1cccc(C2(CNC(=O)[C@H]3C[C@@H]3c3ccccc3)OCC2(F)F)c1. The van der Waals surface area contributed by atoms with Crippen molar-refractivity contribution in [2.75, 3.05) is 13.2 Å². The Kier molecular flexibility index (Phi) is 4.20. The Bertz CT molecular complexity index is 910. The molecule has 1 unspecified atom stereocenters. The summed E-state index contributed by atoms with van der Waals surface area (Å²) in [6.07, 6.45) is 0.712. The number of nitriles is 1. The van der Waals surface area contributed by atoms with Crippen LogP contribution in [-0.2, 0) is 15.1 Å². The van der Waals surface area contributed by atoms with E-state index in [9.17, 15) is 13.6 Å². The lowest BCUT2D eigenvalue weighted by Gasteiger charge is -2.49. The monoisotopic (exact) mass is 368 g/mol. The zero-order valence-corrected chi connectivity index (χ0v) is 14.5. The number of ether oxygens (including phenoxy) is 1. The van der Waals surface area contributed by atoms with Crippen LogP contribution in [0.5, 0.6) is 0 Å². The van der Waals surface area contributed by atoms with Gasteiger partial charge in [-0.2, -0.15) is 5.26 Å². The largest absolute Gasteiger partial charge is 0.356 e. The van der Waals surface area contributed by atoms with Crippen LogP contribution in [0.15, 0.2) is 54.6 Å². The van der Waals surface area contributed by atoms with Crippen molar-refractivity contribution >= 4 is 5.91 Å². The van der Waals surface area contributed by atoms with Crippen LogP contribution in [-0.4, -0.2) is 25.0 Å². The molecule has 1 N–H and O–H groups in total. The standard InChI is InChI=1S/C21H18F2N2O2/c22-21(23)13-27-20(21,16-8-4-5-14(9-16)11-24)12-25-19(26)18-10-17(18)15-6-2-1-3-7-15/h1-9,17-18H,10,12-13H2,(H,25,26)/t17-,18+,20?/m1/s1. The van der Waals surface area contributed by atoms with Crippen LogP contribution < -0.4 is 5.32 Å². The molecule has 3 atom stereocenters. The van der Waals surface area contributed by atoms with Gasteiger partial charge in [-0.3, -0.25) is 4.79 Å². The lowest BCUT2D eigenvalue weighted by Crippen LogP contribution is -2.65. The number of benzene rings is 2. The first-order chi connectivity index (χ1) is 13.0. The van der Waals surface area contributed by atoms with Crippen molar-refractivity contribution in [2.24, 2.45) is 5.92 Å². The number of nitrogens with one attached hydrogen (secondary N) is 1. The predicted octanol–water partition coefficient (Wildman–Crippen LogP) is 3.34. The van der Waals surface area contributed by atoms with Crippen molar-refractivity contribution < 1.29 is 18.3 Å². The molecule has 6 heteroatoms. The Hall–Kier alpha value is -2.78. The van der Waals surface area contributed by atoms with Crippen molar-refractivity contribution in [3.05, 3.63) is 71.3 Å². The number of hydrogen-bond acceptors (Lipinski definition) is 3. The Morgan fingerprint density at radius 3 is 2.63 bits per heavy atom. The Morgan fingerprint density at radius 1 is 1.22 bits per heavy atom.